The predicted molar refractivity (Wildman–Crippen MR) is 64.4 cm³/mol. The first kappa shape index (κ1) is 15.1. The molecule has 0 saturated carbocycles. The molecule has 0 bridgehead atoms. The molecule has 1 atom stereocenters. The minimum atomic E-state index is -1.47. The monoisotopic (exact) mass is 271 g/mol. The molecule has 1 aromatic rings. The zero-order valence-electron chi connectivity index (χ0n) is 10.9. The molecule has 0 aromatic heterocycles. The molecule has 1 unspecified atom stereocenters. The quantitative estimate of drug-likeness (QED) is 0.914. The fraction of sp³-hybridized carbons (Fsp3) is 0.385. The maximum Gasteiger partial charge on any atom is 0.331 e. The molecule has 0 aliphatic rings. The van der Waals surface area contributed by atoms with Crippen molar-refractivity contribution in [3.63, 3.8) is 0 Å². The number of aliphatic carboxylic acids is 1. The van der Waals surface area contributed by atoms with E-state index in [1.54, 1.807) is 13.8 Å². The van der Waals surface area contributed by atoms with Crippen LogP contribution in [0.3, 0.4) is 0 Å². The summed E-state index contributed by atoms with van der Waals surface area (Å²) in [5.74, 6) is -3.65. The summed E-state index contributed by atoms with van der Waals surface area (Å²) in [4.78, 5) is 23.9. The highest BCUT2D eigenvalue weighted by atomic mass is 19.1. The Morgan fingerprint density at radius 2 is 1.84 bits per heavy atom. The molecule has 0 spiro atoms. The van der Waals surface area contributed by atoms with E-state index in [1.165, 1.54) is 6.92 Å². The van der Waals surface area contributed by atoms with Gasteiger partial charge in [-0.15, -0.1) is 0 Å². The fourth-order valence-electron chi connectivity index (χ4n) is 1.97. The average molecular weight is 271 g/mol. The summed E-state index contributed by atoms with van der Waals surface area (Å²) in [6, 6.07) is 0.708. The van der Waals surface area contributed by atoms with Crippen LogP contribution in [0.5, 0.6) is 0 Å². The predicted octanol–water partition coefficient (Wildman–Crippen LogP) is 2.35. The first-order valence-electron chi connectivity index (χ1n) is 5.72. The maximum atomic E-state index is 13.7. The van der Waals surface area contributed by atoms with Crippen LogP contribution in [0.1, 0.15) is 32.4 Å². The number of carbonyl (C=O) groups excluding carboxylic acids is 1. The average Bonchev–Trinajstić information content (AvgIpc) is 2.25. The van der Waals surface area contributed by atoms with E-state index in [2.05, 4.69) is 0 Å². The molecule has 1 aromatic carbocycles. The van der Waals surface area contributed by atoms with E-state index in [0.29, 0.717) is 6.07 Å². The fourth-order valence-corrected chi connectivity index (χ4v) is 1.97. The summed E-state index contributed by atoms with van der Waals surface area (Å²) in [7, 11) is 0. The molecular weight excluding hydrogens is 256 g/mol. The van der Waals surface area contributed by atoms with Gasteiger partial charge in [0, 0.05) is 24.6 Å². The van der Waals surface area contributed by atoms with Gasteiger partial charge in [0.15, 0.2) is 6.04 Å². The van der Waals surface area contributed by atoms with E-state index in [4.69, 9.17) is 0 Å². The van der Waals surface area contributed by atoms with Gasteiger partial charge in [0.05, 0.1) is 0 Å². The molecule has 1 rings (SSSR count). The molecule has 104 valence electrons. The van der Waals surface area contributed by atoms with E-state index in [1.807, 2.05) is 0 Å². The van der Waals surface area contributed by atoms with Crippen LogP contribution < -0.4 is 0 Å². The molecule has 6 heteroatoms. The summed E-state index contributed by atoms with van der Waals surface area (Å²) in [6.45, 7) is 4.45. The molecule has 0 saturated heterocycles. The van der Waals surface area contributed by atoms with Crippen LogP contribution in [0, 0.1) is 11.6 Å². The van der Waals surface area contributed by atoms with Crippen LogP contribution in [-0.4, -0.2) is 27.9 Å². The Bertz CT molecular complexity index is 503. The lowest BCUT2D eigenvalue weighted by molar-refractivity contribution is -0.151. The number of carboxylic acids is 1. The van der Waals surface area contributed by atoms with Gasteiger partial charge >= 0.3 is 5.97 Å². The lowest BCUT2D eigenvalue weighted by atomic mass is 10.0. The van der Waals surface area contributed by atoms with Crippen LogP contribution in [0.2, 0.25) is 0 Å². The van der Waals surface area contributed by atoms with Crippen molar-refractivity contribution < 1.29 is 23.5 Å². The third kappa shape index (κ3) is 3.27. The standard InChI is InChI=1S/C13H15F2NO3/c1-7(2)16(8(3)17)12(13(18)19)10-5-4-9(14)6-11(10)15/h4-7,12H,1-3H3,(H,18,19). The normalized spacial score (nSPS) is 12.3. The second-order valence-corrected chi connectivity index (χ2v) is 4.43. The Morgan fingerprint density at radius 3 is 2.21 bits per heavy atom. The summed E-state index contributed by atoms with van der Waals surface area (Å²) >= 11 is 0. The molecule has 0 aliphatic carbocycles. The summed E-state index contributed by atoms with van der Waals surface area (Å²) in [5, 5.41) is 9.23. The van der Waals surface area contributed by atoms with Crippen molar-refractivity contribution >= 4 is 11.9 Å². The smallest absolute Gasteiger partial charge is 0.331 e. The largest absolute Gasteiger partial charge is 0.479 e. The van der Waals surface area contributed by atoms with Crippen LogP contribution in [-0.2, 0) is 9.59 Å². The van der Waals surface area contributed by atoms with Gasteiger partial charge in [-0.1, -0.05) is 6.07 Å². The Labute approximate surface area is 109 Å². The topological polar surface area (TPSA) is 57.6 Å². The lowest BCUT2D eigenvalue weighted by Crippen LogP contribution is -2.42. The zero-order valence-corrected chi connectivity index (χ0v) is 10.9. The zero-order chi connectivity index (χ0) is 14.7. The molecule has 0 fully saturated rings. The van der Waals surface area contributed by atoms with Gasteiger partial charge in [0.25, 0.3) is 0 Å². The molecule has 19 heavy (non-hydrogen) atoms. The molecular formula is C13H15F2NO3. The number of benzene rings is 1. The Morgan fingerprint density at radius 1 is 1.26 bits per heavy atom. The van der Waals surface area contributed by atoms with Crippen LogP contribution in [0.15, 0.2) is 18.2 Å². The Kier molecular flexibility index (Phi) is 4.58. The van der Waals surface area contributed by atoms with Crippen LogP contribution in [0.4, 0.5) is 8.78 Å². The summed E-state index contributed by atoms with van der Waals surface area (Å²) in [6.07, 6.45) is 0. The highest BCUT2D eigenvalue weighted by molar-refractivity contribution is 5.83. The van der Waals surface area contributed by atoms with Crippen molar-refractivity contribution in [3.05, 3.63) is 35.4 Å². The third-order valence-electron chi connectivity index (χ3n) is 2.69. The van der Waals surface area contributed by atoms with E-state index in [-0.39, 0.29) is 5.56 Å². The number of carbonyl (C=O) groups is 2. The molecule has 1 amide bonds. The Balaban J connectivity index is 3.34. The van der Waals surface area contributed by atoms with Crippen molar-refractivity contribution in [3.8, 4) is 0 Å². The van der Waals surface area contributed by atoms with Crippen molar-refractivity contribution in [2.75, 3.05) is 0 Å². The van der Waals surface area contributed by atoms with Crippen molar-refractivity contribution in [1.29, 1.82) is 0 Å². The number of amides is 1. The SMILES string of the molecule is CC(=O)N(C(C)C)C(C(=O)O)c1ccc(F)cc1F. The van der Waals surface area contributed by atoms with E-state index in [9.17, 15) is 23.5 Å². The minimum absolute atomic E-state index is 0.238. The summed E-state index contributed by atoms with van der Waals surface area (Å²) < 4.78 is 26.6. The molecule has 4 nitrogen and oxygen atoms in total. The van der Waals surface area contributed by atoms with Gasteiger partial charge in [-0.2, -0.15) is 0 Å². The number of nitrogens with zero attached hydrogens (tertiary/aromatic N) is 1. The maximum absolute atomic E-state index is 13.7. The van der Waals surface area contributed by atoms with E-state index in [0.717, 1.165) is 17.0 Å². The highest BCUT2D eigenvalue weighted by Crippen LogP contribution is 2.26. The van der Waals surface area contributed by atoms with Crippen LogP contribution in [0.25, 0.3) is 0 Å². The number of rotatable bonds is 4. The van der Waals surface area contributed by atoms with Crippen LogP contribution >= 0.6 is 0 Å². The van der Waals surface area contributed by atoms with Gasteiger partial charge in [0.2, 0.25) is 5.91 Å². The number of carboxylic acid groups (broad SMARTS) is 1. The first-order chi connectivity index (χ1) is 8.75. The van der Waals surface area contributed by atoms with Crippen molar-refractivity contribution in [1.82, 2.24) is 4.90 Å². The third-order valence-corrected chi connectivity index (χ3v) is 2.69. The van der Waals surface area contributed by atoms with Crippen molar-refractivity contribution in [2.24, 2.45) is 0 Å². The van der Waals surface area contributed by atoms with Gasteiger partial charge in [-0.25, -0.2) is 13.6 Å². The molecule has 0 radical (unpaired) electrons. The number of halogens is 2. The minimum Gasteiger partial charge on any atom is -0.479 e. The number of hydrogen-bond acceptors (Lipinski definition) is 2. The second kappa shape index (κ2) is 5.77. The van der Waals surface area contributed by atoms with E-state index >= 15 is 0 Å². The van der Waals surface area contributed by atoms with E-state index < -0.39 is 35.6 Å². The van der Waals surface area contributed by atoms with Crippen molar-refractivity contribution in [2.45, 2.75) is 32.9 Å². The lowest BCUT2D eigenvalue weighted by Gasteiger charge is -2.31. The van der Waals surface area contributed by atoms with Gasteiger partial charge in [-0.3, -0.25) is 4.79 Å². The molecule has 0 aliphatic heterocycles. The first-order valence-corrected chi connectivity index (χ1v) is 5.72. The number of hydrogen-bond donors (Lipinski definition) is 1. The van der Waals surface area contributed by atoms with Gasteiger partial charge < -0.3 is 10.0 Å². The second-order valence-electron chi connectivity index (χ2n) is 4.43. The van der Waals surface area contributed by atoms with Gasteiger partial charge in [-0.05, 0) is 19.9 Å². The Hall–Kier alpha value is -1.98. The summed E-state index contributed by atoms with van der Waals surface area (Å²) in [5.41, 5.74) is -0.238. The van der Waals surface area contributed by atoms with Gasteiger partial charge in [0.1, 0.15) is 11.6 Å². The molecule has 0 heterocycles. The highest BCUT2D eigenvalue weighted by Gasteiger charge is 2.33. The molecule has 1 N–H and O–H groups in total.